The highest BCUT2D eigenvalue weighted by molar-refractivity contribution is 5.98. The average molecular weight is 248 g/mol. The zero-order valence-electron chi connectivity index (χ0n) is 10.8. The first kappa shape index (κ1) is 13.1. The third-order valence-electron chi connectivity index (χ3n) is 4.24. The molecule has 0 N–H and O–H groups in total. The van der Waals surface area contributed by atoms with Crippen molar-refractivity contribution in [3.63, 3.8) is 0 Å². The monoisotopic (exact) mass is 248 g/mol. The number of imide groups is 1. The standard InChI is InChI=1S/C14H20N2O2/c15-8-4-1-5-9-16-12(17)10-14(11-13(16)18)6-2-3-7-14/h1-7,9-11H2. The molecule has 1 spiro atoms. The van der Waals surface area contributed by atoms with Crippen molar-refractivity contribution in [3.05, 3.63) is 0 Å². The molecule has 2 rings (SSSR count). The van der Waals surface area contributed by atoms with Crippen LogP contribution in [0.2, 0.25) is 0 Å². The highest BCUT2D eigenvalue weighted by Crippen LogP contribution is 2.46. The number of rotatable bonds is 4. The molecular weight excluding hydrogens is 228 g/mol. The zero-order chi connectivity index (χ0) is 13.0. The molecule has 4 nitrogen and oxygen atoms in total. The lowest BCUT2D eigenvalue weighted by atomic mass is 9.76. The summed E-state index contributed by atoms with van der Waals surface area (Å²) in [4.78, 5) is 25.6. The van der Waals surface area contributed by atoms with Gasteiger partial charge in [-0.05, 0) is 31.1 Å². The Bertz CT molecular complexity index is 358. The van der Waals surface area contributed by atoms with Crippen molar-refractivity contribution in [2.45, 2.75) is 57.8 Å². The maximum absolute atomic E-state index is 12.1. The summed E-state index contributed by atoms with van der Waals surface area (Å²) >= 11 is 0. The molecule has 4 heteroatoms. The van der Waals surface area contributed by atoms with Crippen LogP contribution in [0, 0.1) is 16.7 Å². The molecule has 0 unspecified atom stereocenters. The van der Waals surface area contributed by atoms with Gasteiger partial charge in [-0.1, -0.05) is 12.8 Å². The van der Waals surface area contributed by atoms with E-state index in [0.717, 1.165) is 38.5 Å². The lowest BCUT2D eigenvalue weighted by Crippen LogP contribution is -2.47. The van der Waals surface area contributed by atoms with Crippen LogP contribution < -0.4 is 0 Å². The topological polar surface area (TPSA) is 61.2 Å². The van der Waals surface area contributed by atoms with E-state index in [4.69, 9.17) is 5.26 Å². The fraction of sp³-hybridized carbons (Fsp3) is 0.786. The highest BCUT2D eigenvalue weighted by atomic mass is 16.2. The molecule has 2 amide bonds. The second-order valence-electron chi connectivity index (χ2n) is 5.61. The molecule has 0 aromatic rings. The van der Waals surface area contributed by atoms with Crippen molar-refractivity contribution in [1.82, 2.24) is 4.90 Å². The van der Waals surface area contributed by atoms with E-state index in [-0.39, 0.29) is 17.2 Å². The summed E-state index contributed by atoms with van der Waals surface area (Å²) < 4.78 is 0. The minimum Gasteiger partial charge on any atom is -0.283 e. The second kappa shape index (κ2) is 5.51. The maximum Gasteiger partial charge on any atom is 0.229 e. The summed E-state index contributed by atoms with van der Waals surface area (Å²) in [5.41, 5.74) is -0.00266. The smallest absolute Gasteiger partial charge is 0.229 e. The molecule has 0 bridgehead atoms. The Hall–Kier alpha value is -1.37. The molecule has 1 aliphatic heterocycles. The van der Waals surface area contributed by atoms with Gasteiger partial charge in [-0.2, -0.15) is 5.26 Å². The van der Waals surface area contributed by atoms with Crippen LogP contribution >= 0.6 is 0 Å². The quantitative estimate of drug-likeness (QED) is 0.567. The third kappa shape index (κ3) is 2.72. The van der Waals surface area contributed by atoms with Crippen molar-refractivity contribution < 1.29 is 9.59 Å². The van der Waals surface area contributed by atoms with Crippen LogP contribution in [-0.2, 0) is 9.59 Å². The number of piperidine rings is 1. The highest BCUT2D eigenvalue weighted by Gasteiger charge is 2.44. The summed E-state index contributed by atoms with van der Waals surface area (Å²) in [5.74, 6) is 0.00946. The number of nitrogens with zero attached hydrogens (tertiary/aromatic N) is 2. The van der Waals surface area contributed by atoms with Gasteiger partial charge in [0.2, 0.25) is 11.8 Å². The molecule has 0 radical (unpaired) electrons. The number of nitriles is 1. The van der Waals surface area contributed by atoms with Crippen LogP contribution in [0.25, 0.3) is 0 Å². The molecule has 0 atom stereocenters. The van der Waals surface area contributed by atoms with Crippen LogP contribution in [0.4, 0.5) is 0 Å². The largest absolute Gasteiger partial charge is 0.283 e. The van der Waals surface area contributed by atoms with Crippen molar-refractivity contribution in [3.8, 4) is 6.07 Å². The first-order valence-electron chi connectivity index (χ1n) is 6.87. The van der Waals surface area contributed by atoms with Crippen molar-refractivity contribution >= 4 is 11.8 Å². The molecule has 1 heterocycles. The third-order valence-corrected chi connectivity index (χ3v) is 4.24. The van der Waals surface area contributed by atoms with Crippen LogP contribution in [0.15, 0.2) is 0 Å². The Labute approximate surface area is 108 Å². The molecule has 2 aliphatic rings. The number of carbonyl (C=O) groups is 2. The second-order valence-corrected chi connectivity index (χ2v) is 5.61. The predicted molar refractivity (Wildman–Crippen MR) is 66.3 cm³/mol. The molecule has 1 saturated carbocycles. The number of carbonyl (C=O) groups excluding carboxylic acids is 2. The number of likely N-dealkylation sites (tertiary alicyclic amines) is 1. The van der Waals surface area contributed by atoms with Gasteiger partial charge in [-0.25, -0.2) is 0 Å². The summed E-state index contributed by atoms with van der Waals surface area (Å²) in [6, 6.07) is 2.08. The summed E-state index contributed by atoms with van der Waals surface area (Å²) in [5, 5.41) is 8.45. The molecule has 1 saturated heterocycles. The van der Waals surface area contributed by atoms with Gasteiger partial charge >= 0.3 is 0 Å². The lowest BCUT2D eigenvalue weighted by molar-refractivity contribution is -0.153. The van der Waals surface area contributed by atoms with E-state index in [1.165, 1.54) is 4.90 Å². The van der Waals surface area contributed by atoms with Gasteiger partial charge in [0.25, 0.3) is 0 Å². The van der Waals surface area contributed by atoms with Gasteiger partial charge in [-0.3, -0.25) is 14.5 Å². The van der Waals surface area contributed by atoms with E-state index in [9.17, 15) is 9.59 Å². The van der Waals surface area contributed by atoms with Crippen molar-refractivity contribution in [2.24, 2.45) is 5.41 Å². The Morgan fingerprint density at radius 1 is 1.11 bits per heavy atom. The number of unbranched alkanes of at least 4 members (excludes halogenated alkanes) is 2. The van der Waals surface area contributed by atoms with Crippen molar-refractivity contribution in [1.29, 1.82) is 5.26 Å². The summed E-state index contributed by atoms with van der Waals surface area (Å²) in [7, 11) is 0. The lowest BCUT2D eigenvalue weighted by Gasteiger charge is -2.37. The van der Waals surface area contributed by atoms with Gasteiger partial charge in [0.15, 0.2) is 0 Å². The molecule has 1 aliphatic carbocycles. The first-order chi connectivity index (χ1) is 8.67. The van der Waals surface area contributed by atoms with E-state index >= 15 is 0 Å². The van der Waals surface area contributed by atoms with E-state index in [1.807, 2.05) is 0 Å². The van der Waals surface area contributed by atoms with Crippen LogP contribution in [-0.4, -0.2) is 23.3 Å². The Morgan fingerprint density at radius 3 is 2.28 bits per heavy atom. The Morgan fingerprint density at radius 2 is 1.72 bits per heavy atom. The van der Waals surface area contributed by atoms with E-state index < -0.39 is 0 Å². The number of hydrogen-bond donors (Lipinski definition) is 0. The van der Waals surface area contributed by atoms with E-state index in [1.54, 1.807) is 0 Å². The van der Waals surface area contributed by atoms with Crippen LogP contribution in [0.3, 0.4) is 0 Å². The molecule has 98 valence electrons. The minimum atomic E-state index is -0.00266. The number of hydrogen-bond acceptors (Lipinski definition) is 3. The number of amides is 2. The van der Waals surface area contributed by atoms with Gasteiger partial charge in [0, 0.05) is 25.8 Å². The fourth-order valence-corrected chi connectivity index (χ4v) is 3.24. The average Bonchev–Trinajstić information content (AvgIpc) is 2.75. The first-order valence-corrected chi connectivity index (χ1v) is 6.87. The fourth-order valence-electron chi connectivity index (χ4n) is 3.24. The van der Waals surface area contributed by atoms with Gasteiger partial charge < -0.3 is 0 Å². The van der Waals surface area contributed by atoms with Crippen LogP contribution in [0.5, 0.6) is 0 Å². The molecule has 0 aromatic heterocycles. The Kier molecular flexibility index (Phi) is 4.00. The van der Waals surface area contributed by atoms with Gasteiger partial charge in [-0.15, -0.1) is 0 Å². The summed E-state index contributed by atoms with van der Waals surface area (Å²) in [6.07, 6.45) is 7.50. The predicted octanol–water partition coefficient (Wildman–Crippen LogP) is 2.39. The van der Waals surface area contributed by atoms with Crippen LogP contribution in [0.1, 0.15) is 57.8 Å². The Balaban J connectivity index is 1.89. The van der Waals surface area contributed by atoms with Gasteiger partial charge in [0.1, 0.15) is 0 Å². The van der Waals surface area contributed by atoms with Crippen molar-refractivity contribution in [2.75, 3.05) is 6.54 Å². The van der Waals surface area contributed by atoms with E-state index in [0.29, 0.717) is 25.8 Å². The van der Waals surface area contributed by atoms with Gasteiger partial charge in [0.05, 0.1) is 6.07 Å². The zero-order valence-corrected chi connectivity index (χ0v) is 10.8. The molecule has 2 fully saturated rings. The SMILES string of the molecule is N#CCCCCN1C(=O)CC2(CCCC2)CC1=O. The van der Waals surface area contributed by atoms with E-state index in [2.05, 4.69) is 6.07 Å². The molecule has 0 aromatic carbocycles. The normalized spacial score (nSPS) is 22.5. The summed E-state index contributed by atoms with van der Waals surface area (Å²) in [6.45, 7) is 0.495. The molecule has 18 heavy (non-hydrogen) atoms. The maximum atomic E-state index is 12.1. The minimum absolute atomic E-state index is 0.00266. The molecular formula is C14H20N2O2.